The quantitative estimate of drug-likeness (QED) is 0.787. The molecule has 3 rings (SSSR count). The van der Waals surface area contributed by atoms with Crippen LogP contribution in [0.15, 0.2) is 18.2 Å². The van der Waals surface area contributed by atoms with Gasteiger partial charge in [0.05, 0.1) is 17.5 Å². The average Bonchev–Trinajstić information content (AvgIpc) is 2.67. The lowest BCUT2D eigenvalue weighted by atomic mass is 9.66. The summed E-state index contributed by atoms with van der Waals surface area (Å²) in [4.78, 5) is 0. The lowest BCUT2D eigenvalue weighted by Gasteiger charge is -2.39. The average molecular weight is 216 g/mol. The zero-order valence-corrected chi connectivity index (χ0v) is 10.1. The van der Waals surface area contributed by atoms with Crippen LogP contribution >= 0.6 is 0 Å². The van der Waals surface area contributed by atoms with Crippen LogP contribution in [0.5, 0.6) is 0 Å². The maximum Gasteiger partial charge on any atom is 0.0962 e. The van der Waals surface area contributed by atoms with Gasteiger partial charge in [0, 0.05) is 0 Å². The van der Waals surface area contributed by atoms with Crippen LogP contribution < -0.4 is 10.6 Å². The Labute approximate surface area is 97.4 Å². The van der Waals surface area contributed by atoms with Gasteiger partial charge in [-0.1, -0.05) is 26.3 Å². The molecule has 1 atom stereocenters. The third kappa shape index (κ3) is 1.40. The lowest BCUT2D eigenvalue weighted by Crippen LogP contribution is -2.30. The molecular weight excluding hydrogens is 196 g/mol. The van der Waals surface area contributed by atoms with Crippen molar-refractivity contribution in [2.24, 2.45) is 0 Å². The maximum atomic E-state index is 3.53. The van der Waals surface area contributed by atoms with Crippen molar-refractivity contribution in [2.45, 2.75) is 51.1 Å². The van der Waals surface area contributed by atoms with Crippen LogP contribution in [-0.2, 0) is 5.41 Å². The third-order valence-electron chi connectivity index (χ3n) is 4.24. The zero-order valence-electron chi connectivity index (χ0n) is 10.1. The van der Waals surface area contributed by atoms with E-state index in [-0.39, 0.29) is 0 Å². The molecule has 1 aliphatic heterocycles. The van der Waals surface area contributed by atoms with Gasteiger partial charge in [-0.3, -0.25) is 0 Å². The van der Waals surface area contributed by atoms with E-state index in [0.29, 0.717) is 11.6 Å². The SMILES string of the molecule is CCC1Nc2ccc(C3(C)CCC3)cc2N1. The molecule has 1 aromatic carbocycles. The molecule has 1 heterocycles. The highest BCUT2D eigenvalue weighted by Crippen LogP contribution is 2.45. The molecule has 1 fully saturated rings. The fraction of sp³-hybridized carbons (Fsp3) is 0.571. The number of rotatable bonds is 2. The molecule has 2 heteroatoms. The Morgan fingerprint density at radius 3 is 2.62 bits per heavy atom. The number of fused-ring (bicyclic) bond motifs is 1. The minimum Gasteiger partial charge on any atom is -0.364 e. The van der Waals surface area contributed by atoms with E-state index < -0.39 is 0 Å². The fourth-order valence-electron chi connectivity index (χ4n) is 2.78. The van der Waals surface area contributed by atoms with Crippen LogP contribution in [0.2, 0.25) is 0 Å². The van der Waals surface area contributed by atoms with Crippen molar-refractivity contribution in [3.05, 3.63) is 23.8 Å². The van der Waals surface area contributed by atoms with Gasteiger partial charge in [-0.05, 0) is 42.4 Å². The molecule has 0 aromatic heterocycles. The first-order chi connectivity index (χ1) is 7.71. The normalized spacial score (nSPS) is 25.2. The van der Waals surface area contributed by atoms with E-state index in [1.54, 1.807) is 0 Å². The Morgan fingerprint density at radius 2 is 2.00 bits per heavy atom. The van der Waals surface area contributed by atoms with Crippen LogP contribution in [0, 0.1) is 0 Å². The third-order valence-corrected chi connectivity index (χ3v) is 4.24. The summed E-state index contributed by atoms with van der Waals surface area (Å²) in [7, 11) is 0. The first-order valence-electron chi connectivity index (χ1n) is 6.39. The van der Waals surface area contributed by atoms with E-state index in [2.05, 4.69) is 42.7 Å². The van der Waals surface area contributed by atoms with Crippen molar-refractivity contribution in [2.75, 3.05) is 10.6 Å². The molecule has 0 amide bonds. The Hall–Kier alpha value is -1.18. The minimum atomic E-state index is 0.416. The van der Waals surface area contributed by atoms with Gasteiger partial charge in [-0.15, -0.1) is 0 Å². The number of hydrogen-bond donors (Lipinski definition) is 2. The Bertz CT molecular complexity index is 407. The molecule has 0 spiro atoms. The van der Waals surface area contributed by atoms with Gasteiger partial charge in [-0.25, -0.2) is 0 Å². The molecular formula is C14H20N2. The molecule has 1 saturated carbocycles. The first kappa shape index (κ1) is 10.0. The summed E-state index contributed by atoms with van der Waals surface area (Å²) in [6.07, 6.45) is 5.60. The zero-order chi connectivity index (χ0) is 11.2. The highest BCUT2D eigenvalue weighted by atomic mass is 15.2. The van der Waals surface area contributed by atoms with E-state index in [1.165, 1.54) is 36.2 Å². The van der Waals surface area contributed by atoms with E-state index in [4.69, 9.17) is 0 Å². The number of hydrogen-bond acceptors (Lipinski definition) is 2. The summed E-state index contributed by atoms with van der Waals surface area (Å²) >= 11 is 0. The maximum absolute atomic E-state index is 3.53. The first-order valence-corrected chi connectivity index (χ1v) is 6.39. The van der Waals surface area contributed by atoms with E-state index in [9.17, 15) is 0 Å². The summed E-state index contributed by atoms with van der Waals surface area (Å²) in [6, 6.07) is 6.87. The van der Waals surface area contributed by atoms with Gasteiger partial charge in [0.2, 0.25) is 0 Å². The van der Waals surface area contributed by atoms with Crippen molar-refractivity contribution in [1.29, 1.82) is 0 Å². The molecule has 1 unspecified atom stereocenters. The smallest absolute Gasteiger partial charge is 0.0962 e. The predicted octanol–water partition coefficient (Wildman–Crippen LogP) is 3.70. The lowest BCUT2D eigenvalue weighted by molar-refractivity contribution is 0.272. The predicted molar refractivity (Wildman–Crippen MR) is 69.0 cm³/mol. The van der Waals surface area contributed by atoms with Crippen molar-refractivity contribution in [3.63, 3.8) is 0 Å². The fourth-order valence-corrected chi connectivity index (χ4v) is 2.78. The van der Waals surface area contributed by atoms with Crippen LogP contribution in [0.3, 0.4) is 0 Å². The molecule has 0 saturated heterocycles. The second-order valence-electron chi connectivity index (χ2n) is 5.42. The molecule has 0 radical (unpaired) electrons. The van der Waals surface area contributed by atoms with Crippen molar-refractivity contribution in [3.8, 4) is 0 Å². The molecule has 2 N–H and O–H groups in total. The van der Waals surface area contributed by atoms with Crippen molar-refractivity contribution in [1.82, 2.24) is 0 Å². The topological polar surface area (TPSA) is 24.1 Å². The summed E-state index contributed by atoms with van der Waals surface area (Å²) < 4.78 is 0. The summed E-state index contributed by atoms with van der Waals surface area (Å²) in [6.45, 7) is 4.59. The van der Waals surface area contributed by atoms with Crippen molar-refractivity contribution < 1.29 is 0 Å². The highest BCUT2D eigenvalue weighted by molar-refractivity contribution is 5.75. The summed E-state index contributed by atoms with van der Waals surface area (Å²) in [5.74, 6) is 0. The van der Waals surface area contributed by atoms with Crippen LogP contribution in [-0.4, -0.2) is 6.17 Å². The van der Waals surface area contributed by atoms with E-state index >= 15 is 0 Å². The summed E-state index contributed by atoms with van der Waals surface area (Å²) in [5, 5.41) is 7.02. The molecule has 0 bridgehead atoms. The Morgan fingerprint density at radius 1 is 1.25 bits per heavy atom. The number of anilines is 2. The van der Waals surface area contributed by atoms with Gasteiger partial charge in [0.15, 0.2) is 0 Å². The number of nitrogens with one attached hydrogen (secondary N) is 2. The Kier molecular flexibility index (Phi) is 2.13. The molecule has 1 aliphatic carbocycles. The molecule has 86 valence electrons. The van der Waals surface area contributed by atoms with Crippen molar-refractivity contribution >= 4 is 11.4 Å². The monoisotopic (exact) mass is 216 g/mol. The van der Waals surface area contributed by atoms with Crippen LogP contribution in [0.25, 0.3) is 0 Å². The van der Waals surface area contributed by atoms with E-state index in [0.717, 1.165) is 6.42 Å². The van der Waals surface area contributed by atoms with Crippen LogP contribution in [0.1, 0.15) is 45.1 Å². The van der Waals surface area contributed by atoms with Crippen LogP contribution in [0.4, 0.5) is 11.4 Å². The molecule has 2 aliphatic rings. The molecule has 16 heavy (non-hydrogen) atoms. The van der Waals surface area contributed by atoms with Gasteiger partial charge in [-0.2, -0.15) is 0 Å². The molecule has 2 nitrogen and oxygen atoms in total. The van der Waals surface area contributed by atoms with Gasteiger partial charge < -0.3 is 10.6 Å². The Balaban J connectivity index is 1.90. The largest absolute Gasteiger partial charge is 0.364 e. The molecule has 1 aromatic rings. The van der Waals surface area contributed by atoms with Gasteiger partial charge >= 0.3 is 0 Å². The highest BCUT2D eigenvalue weighted by Gasteiger charge is 2.34. The minimum absolute atomic E-state index is 0.416. The van der Waals surface area contributed by atoms with Gasteiger partial charge in [0.1, 0.15) is 0 Å². The number of benzene rings is 1. The van der Waals surface area contributed by atoms with E-state index in [1.807, 2.05) is 0 Å². The summed E-state index contributed by atoms with van der Waals surface area (Å²) in [5.41, 5.74) is 4.50. The second kappa shape index (κ2) is 3.41. The second-order valence-corrected chi connectivity index (χ2v) is 5.42. The standard InChI is InChI=1S/C14H20N2/c1-3-13-15-11-6-5-10(9-12(11)16-13)14(2)7-4-8-14/h5-6,9,13,15-16H,3-4,7-8H2,1-2H3. The van der Waals surface area contributed by atoms with Gasteiger partial charge in [0.25, 0.3) is 0 Å².